The van der Waals surface area contributed by atoms with Gasteiger partial charge in [0.25, 0.3) is 0 Å². The minimum Gasteiger partial charge on any atom is -0.444 e. The molecular formula is C24H41ClN4O3Si. The van der Waals surface area contributed by atoms with Crippen LogP contribution in [0.25, 0.3) is 0 Å². The number of amides is 1. The van der Waals surface area contributed by atoms with Crippen molar-refractivity contribution in [2.75, 3.05) is 37.7 Å². The number of ether oxygens (including phenoxy) is 1. The fraction of sp³-hybridized carbons (Fsp3) is 0.792. The average molecular weight is 497 g/mol. The monoisotopic (exact) mass is 496 g/mol. The van der Waals surface area contributed by atoms with Crippen LogP contribution in [0.2, 0.25) is 23.3 Å². The Bertz CT molecular complexity index is 839. The number of likely N-dealkylation sites (tertiary alicyclic amines) is 1. The Morgan fingerprint density at radius 2 is 1.73 bits per heavy atom. The van der Waals surface area contributed by atoms with Gasteiger partial charge in [-0.15, -0.1) is 5.10 Å². The number of halogens is 1. The molecule has 2 fully saturated rings. The van der Waals surface area contributed by atoms with Crippen molar-refractivity contribution in [2.24, 2.45) is 5.92 Å². The quantitative estimate of drug-likeness (QED) is 0.487. The van der Waals surface area contributed by atoms with E-state index in [0.29, 0.717) is 24.2 Å². The summed E-state index contributed by atoms with van der Waals surface area (Å²) in [4.78, 5) is 16.4. The van der Waals surface area contributed by atoms with Gasteiger partial charge in [-0.05, 0) is 57.7 Å². The highest BCUT2D eigenvalue weighted by molar-refractivity contribution is 6.74. The zero-order chi connectivity index (χ0) is 24.6. The van der Waals surface area contributed by atoms with Crippen molar-refractivity contribution in [3.05, 3.63) is 16.9 Å². The van der Waals surface area contributed by atoms with Crippen LogP contribution in [0.3, 0.4) is 0 Å². The molecule has 1 aromatic rings. The van der Waals surface area contributed by atoms with E-state index in [4.69, 9.17) is 20.8 Å². The van der Waals surface area contributed by atoms with Crippen molar-refractivity contribution in [1.82, 2.24) is 15.1 Å². The molecule has 186 valence electrons. The normalized spacial score (nSPS) is 18.9. The molecular weight excluding hydrogens is 456 g/mol. The first-order chi connectivity index (χ1) is 15.2. The van der Waals surface area contributed by atoms with Crippen LogP contribution in [0, 0.1) is 5.92 Å². The molecule has 2 aliphatic heterocycles. The molecule has 33 heavy (non-hydrogen) atoms. The van der Waals surface area contributed by atoms with Gasteiger partial charge in [-0.1, -0.05) is 32.4 Å². The van der Waals surface area contributed by atoms with Gasteiger partial charge in [0.15, 0.2) is 13.5 Å². The molecule has 0 spiro atoms. The van der Waals surface area contributed by atoms with Crippen LogP contribution in [-0.4, -0.2) is 67.9 Å². The van der Waals surface area contributed by atoms with Crippen LogP contribution in [0.4, 0.5) is 10.5 Å². The first-order valence-corrected chi connectivity index (χ1v) is 15.3. The molecule has 3 rings (SSSR count). The Balaban J connectivity index is 1.58. The summed E-state index contributed by atoms with van der Waals surface area (Å²) in [7, 11) is -1.72. The van der Waals surface area contributed by atoms with Gasteiger partial charge in [-0.3, -0.25) is 0 Å². The maximum atomic E-state index is 12.3. The zero-order valence-corrected chi connectivity index (χ0v) is 23.3. The van der Waals surface area contributed by atoms with E-state index >= 15 is 0 Å². The lowest BCUT2D eigenvalue weighted by molar-refractivity contribution is 0.00783. The summed E-state index contributed by atoms with van der Waals surface area (Å²) in [5.41, 5.74) is 1.48. The smallest absolute Gasteiger partial charge is 0.410 e. The van der Waals surface area contributed by atoms with Crippen molar-refractivity contribution in [3.63, 3.8) is 0 Å². The minimum atomic E-state index is -1.72. The topological polar surface area (TPSA) is 67.8 Å². The number of piperidine rings is 1. The highest BCUT2D eigenvalue weighted by atomic mass is 35.5. The summed E-state index contributed by atoms with van der Waals surface area (Å²) in [5.74, 6) is 0.729. The van der Waals surface area contributed by atoms with Gasteiger partial charge in [0.1, 0.15) is 5.60 Å². The van der Waals surface area contributed by atoms with Gasteiger partial charge in [0.05, 0.1) is 11.4 Å². The molecule has 0 aromatic carbocycles. The number of hydrogen-bond donors (Lipinski definition) is 0. The van der Waals surface area contributed by atoms with E-state index in [2.05, 4.69) is 49.0 Å². The number of anilines is 1. The van der Waals surface area contributed by atoms with Gasteiger partial charge in [-0.25, -0.2) is 4.79 Å². The molecule has 1 amide bonds. The highest BCUT2D eigenvalue weighted by Gasteiger charge is 2.39. The molecule has 0 atom stereocenters. The largest absolute Gasteiger partial charge is 0.444 e. The van der Waals surface area contributed by atoms with Gasteiger partial charge in [0, 0.05) is 44.8 Å². The zero-order valence-electron chi connectivity index (χ0n) is 21.6. The van der Waals surface area contributed by atoms with E-state index in [1.807, 2.05) is 26.8 Å². The second-order valence-corrected chi connectivity index (χ2v) is 17.2. The summed E-state index contributed by atoms with van der Waals surface area (Å²) < 4.78 is 12.0. The average Bonchev–Trinajstić information content (AvgIpc) is 2.64. The van der Waals surface area contributed by atoms with Crippen molar-refractivity contribution >= 4 is 31.7 Å². The first-order valence-electron chi connectivity index (χ1n) is 12.1. The number of nitrogens with zero attached hydrogens (tertiary/aromatic N) is 4. The van der Waals surface area contributed by atoms with E-state index in [1.165, 1.54) is 0 Å². The Labute approximate surface area is 205 Å². The van der Waals surface area contributed by atoms with Crippen molar-refractivity contribution in [1.29, 1.82) is 0 Å². The van der Waals surface area contributed by atoms with Crippen molar-refractivity contribution in [3.8, 4) is 0 Å². The Morgan fingerprint density at radius 1 is 1.12 bits per heavy atom. The summed E-state index contributed by atoms with van der Waals surface area (Å²) in [6.45, 7) is 21.1. The van der Waals surface area contributed by atoms with E-state index in [1.54, 1.807) is 4.90 Å². The second-order valence-electron chi connectivity index (χ2n) is 12.0. The van der Waals surface area contributed by atoms with Gasteiger partial charge >= 0.3 is 6.09 Å². The van der Waals surface area contributed by atoms with Crippen LogP contribution in [0.1, 0.15) is 66.0 Å². The molecule has 1 aromatic heterocycles. The third-order valence-electron chi connectivity index (χ3n) is 7.13. The van der Waals surface area contributed by atoms with Crippen LogP contribution < -0.4 is 4.90 Å². The summed E-state index contributed by atoms with van der Waals surface area (Å²) in [6, 6.07) is 1.92. The Hall–Kier alpha value is -1.38. The second kappa shape index (κ2) is 9.70. The minimum absolute atomic E-state index is 0.150. The SMILES string of the molecule is CC(C)(C)OC(=O)N1CC(c2nnc(Cl)cc2N2CCC(CO[Si](C)(C)C(C)(C)C)CC2)C1. The van der Waals surface area contributed by atoms with Gasteiger partial charge in [-0.2, -0.15) is 5.10 Å². The first kappa shape index (κ1) is 26.2. The lowest BCUT2D eigenvalue weighted by Crippen LogP contribution is -2.51. The highest BCUT2D eigenvalue weighted by Crippen LogP contribution is 2.38. The number of rotatable bonds is 5. The third kappa shape index (κ3) is 6.60. The van der Waals surface area contributed by atoms with Crippen LogP contribution in [0.5, 0.6) is 0 Å². The molecule has 9 heteroatoms. The molecule has 7 nitrogen and oxygen atoms in total. The van der Waals surface area contributed by atoms with E-state index in [-0.39, 0.29) is 17.0 Å². The third-order valence-corrected chi connectivity index (χ3v) is 11.8. The maximum absolute atomic E-state index is 12.3. The number of aromatic nitrogens is 2. The molecule has 2 saturated heterocycles. The standard InChI is InChI=1S/C24H41ClN4O3Si/c1-23(2,3)32-22(30)29-14-18(15-29)21-19(13-20(25)26-27-21)28-11-9-17(10-12-28)16-31-33(7,8)24(4,5)6/h13,17-18H,9-12,14-16H2,1-8H3. The molecule has 0 unspecified atom stereocenters. The van der Waals surface area contributed by atoms with E-state index in [0.717, 1.165) is 43.9 Å². The van der Waals surface area contributed by atoms with Gasteiger partial charge in [0.2, 0.25) is 0 Å². The number of hydrogen-bond acceptors (Lipinski definition) is 6. The molecule has 2 aliphatic rings. The number of carbonyl (C=O) groups is 1. The van der Waals surface area contributed by atoms with Crippen molar-refractivity contribution in [2.45, 2.75) is 84.0 Å². The molecule has 0 radical (unpaired) electrons. The molecule has 0 saturated carbocycles. The fourth-order valence-corrected chi connectivity index (χ4v) is 5.15. The lowest BCUT2D eigenvalue weighted by atomic mass is 9.93. The molecule has 0 aliphatic carbocycles. The Morgan fingerprint density at radius 3 is 2.27 bits per heavy atom. The lowest BCUT2D eigenvalue weighted by Gasteiger charge is -2.42. The van der Waals surface area contributed by atoms with E-state index in [9.17, 15) is 4.79 Å². The van der Waals surface area contributed by atoms with E-state index < -0.39 is 13.9 Å². The molecule has 0 N–H and O–H groups in total. The predicted octanol–water partition coefficient (Wildman–Crippen LogP) is 5.70. The van der Waals surface area contributed by atoms with Crippen molar-refractivity contribution < 1.29 is 14.0 Å². The molecule has 3 heterocycles. The summed E-state index contributed by atoms with van der Waals surface area (Å²) >= 11 is 6.22. The molecule has 0 bridgehead atoms. The van der Waals surface area contributed by atoms with Gasteiger partial charge < -0.3 is 19.0 Å². The maximum Gasteiger partial charge on any atom is 0.410 e. The van der Waals surface area contributed by atoms with Crippen LogP contribution >= 0.6 is 11.6 Å². The predicted molar refractivity (Wildman–Crippen MR) is 136 cm³/mol. The van der Waals surface area contributed by atoms with Crippen LogP contribution in [-0.2, 0) is 9.16 Å². The summed E-state index contributed by atoms with van der Waals surface area (Å²) in [5, 5.41) is 9.17. The van der Waals surface area contributed by atoms with Crippen LogP contribution in [0.15, 0.2) is 6.07 Å². The summed E-state index contributed by atoms with van der Waals surface area (Å²) in [6.07, 6.45) is 1.90. The Kier molecular flexibility index (Phi) is 7.71. The number of carbonyl (C=O) groups excluding carboxylic acids is 1. The fourth-order valence-electron chi connectivity index (χ4n) is 3.92.